The molecule has 1 aliphatic heterocycles. The Morgan fingerprint density at radius 1 is 1.53 bits per heavy atom. The van der Waals surface area contributed by atoms with E-state index in [0.29, 0.717) is 12.0 Å². The quantitative estimate of drug-likeness (QED) is 0.850. The predicted octanol–water partition coefficient (Wildman–Crippen LogP) is 2.47. The van der Waals surface area contributed by atoms with Gasteiger partial charge >= 0.3 is 0 Å². The molecular weight excluding hydrogens is 212 g/mol. The lowest BCUT2D eigenvalue weighted by atomic mass is 9.95. The summed E-state index contributed by atoms with van der Waals surface area (Å²) in [5.74, 6) is 0.566. The van der Waals surface area contributed by atoms with Crippen LogP contribution >= 0.6 is 0 Å². The Hall–Kier alpha value is -0.930. The lowest BCUT2D eigenvalue weighted by Crippen LogP contribution is -2.30. The zero-order valence-electron chi connectivity index (χ0n) is 10.8. The van der Waals surface area contributed by atoms with E-state index >= 15 is 0 Å². The maximum atomic E-state index is 5.50. The molecule has 0 bridgehead atoms. The van der Waals surface area contributed by atoms with Crippen molar-refractivity contribution in [3.63, 3.8) is 0 Å². The van der Waals surface area contributed by atoms with Gasteiger partial charge in [0, 0.05) is 18.2 Å². The average Bonchev–Trinajstić information content (AvgIpc) is 2.83. The Labute approximate surface area is 104 Å². The number of aryl methyl sites for hydroxylation is 1. The number of pyridine rings is 1. The van der Waals surface area contributed by atoms with Crippen LogP contribution in [0.5, 0.6) is 0 Å². The van der Waals surface area contributed by atoms with Crippen LogP contribution in [-0.4, -0.2) is 24.7 Å². The van der Waals surface area contributed by atoms with Gasteiger partial charge in [-0.2, -0.15) is 0 Å². The standard InChI is InChI=1S/C14H22N2O/c1-3-8-15-14(12-7-9-17-10-12)13-6-4-5-11(2)16-13/h4-6,12,14-15H,3,7-10H2,1-2H3. The van der Waals surface area contributed by atoms with E-state index in [9.17, 15) is 0 Å². The van der Waals surface area contributed by atoms with Crippen molar-refractivity contribution in [3.05, 3.63) is 29.6 Å². The van der Waals surface area contributed by atoms with Crippen LogP contribution in [0.1, 0.15) is 37.2 Å². The van der Waals surface area contributed by atoms with Gasteiger partial charge in [0.2, 0.25) is 0 Å². The SMILES string of the molecule is CCCNC(c1cccc(C)n1)C1CCOC1. The van der Waals surface area contributed by atoms with Crippen molar-refractivity contribution >= 4 is 0 Å². The molecule has 2 atom stereocenters. The van der Waals surface area contributed by atoms with Crippen molar-refractivity contribution < 1.29 is 4.74 Å². The van der Waals surface area contributed by atoms with Crippen LogP contribution in [-0.2, 0) is 4.74 Å². The molecule has 3 nitrogen and oxygen atoms in total. The molecule has 0 aliphatic carbocycles. The smallest absolute Gasteiger partial charge is 0.0580 e. The van der Waals surface area contributed by atoms with Crippen molar-refractivity contribution in [2.75, 3.05) is 19.8 Å². The van der Waals surface area contributed by atoms with Gasteiger partial charge in [0.25, 0.3) is 0 Å². The van der Waals surface area contributed by atoms with Crippen LogP contribution < -0.4 is 5.32 Å². The third-order valence-corrected chi connectivity index (χ3v) is 3.28. The van der Waals surface area contributed by atoms with Gasteiger partial charge in [-0.1, -0.05) is 13.0 Å². The van der Waals surface area contributed by atoms with E-state index in [1.54, 1.807) is 0 Å². The maximum Gasteiger partial charge on any atom is 0.0580 e. The fourth-order valence-corrected chi connectivity index (χ4v) is 2.37. The number of aromatic nitrogens is 1. The molecule has 2 heterocycles. The van der Waals surface area contributed by atoms with Crippen molar-refractivity contribution in [1.82, 2.24) is 10.3 Å². The fourth-order valence-electron chi connectivity index (χ4n) is 2.37. The van der Waals surface area contributed by atoms with Gasteiger partial charge in [-0.3, -0.25) is 4.98 Å². The molecule has 0 spiro atoms. The number of hydrogen-bond donors (Lipinski definition) is 1. The summed E-state index contributed by atoms with van der Waals surface area (Å²) in [6.07, 6.45) is 2.28. The van der Waals surface area contributed by atoms with E-state index in [-0.39, 0.29) is 0 Å². The molecule has 0 saturated carbocycles. The summed E-state index contributed by atoms with van der Waals surface area (Å²) < 4.78 is 5.50. The number of ether oxygens (including phenoxy) is 1. The molecule has 1 N–H and O–H groups in total. The van der Waals surface area contributed by atoms with Crippen LogP contribution in [0.3, 0.4) is 0 Å². The fraction of sp³-hybridized carbons (Fsp3) is 0.643. The van der Waals surface area contributed by atoms with Crippen LogP contribution in [0, 0.1) is 12.8 Å². The Balaban J connectivity index is 2.13. The zero-order chi connectivity index (χ0) is 12.1. The molecule has 1 saturated heterocycles. The molecule has 17 heavy (non-hydrogen) atoms. The van der Waals surface area contributed by atoms with Crippen LogP contribution in [0.15, 0.2) is 18.2 Å². The van der Waals surface area contributed by atoms with Crippen LogP contribution in [0.2, 0.25) is 0 Å². The van der Waals surface area contributed by atoms with E-state index in [1.807, 2.05) is 13.0 Å². The highest BCUT2D eigenvalue weighted by molar-refractivity contribution is 5.14. The lowest BCUT2D eigenvalue weighted by Gasteiger charge is -2.23. The molecule has 0 amide bonds. The minimum atomic E-state index is 0.345. The van der Waals surface area contributed by atoms with Crippen LogP contribution in [0.25, 0.3) is 0 Å². The molecule has 1 aliphatic rings. The average molecular weight is 234 g/mol. The Morgan fingerprint density at radius 2 is 2.41 bits per heavy atom. The monoisotopic (exact) mass is 234 g/mol. The van der Waals surface area contributed by atoms with Gasteiger partial charge in [-0.25, -0.2) is 0 Å². The van der Waals surface area contributed by atoms with Gasteiger partial charge in [0.15, 0.2) is 0 Å². The second-order valence-electron chi connectivity index (χ2n) is 4.76. The highest BCUT2D eigenvalue weighted by Gasteiger charge is 2.27. The van der Waals surface area contributed by atoms with E-state index in [2.05, 4.69) is 29.4 Å². The third kappa shape index (κ3) is 3.27. The first-order chi connectivity index (χ1) is 8.31. The second kappa shape index (κ2) is 6.12. The summed E-state index contributed by atoms with van der Waals surface area (Å²) in [7, 11) is 0. The largest absolute Gasteiger partial charge is 0.381 e. The molecule has 1 aromatic rings. The first-order valence-electron chi connectivity index (χ1n) is 6.56. The maximum absolute atomic E-state index is 5.50. The first-order valence-corrected chi connectivity index (χ1v) is 6.56. The van der Waals surface area contributed by atoms with Gasteiger partial charge in [-0.05, 0) is 38.4 Å². The minimum absolute atomic E-state index is 0.345. The molecular formula is C14H22N2O. The summed E-state index contributed by atoms with van der Waals surface area (Å²) in [6, 6.07) is 6.61. The Morgan fingerprint density at radius 3 is 3.06 bits per heavy atom. The molecule has 94 valence electrons. The number of nitrogens with zero attached hydrogens (tertiary/aromatic N) is 1. The summed E-state index contributed by atoms with van der Waals surface area (Å²) in [5.41, 5.74) is 2.25. The van der Waals surface area contributed by atoms with Gasteiger partial charge in [-0.15, -0.1) is 0 Å². The van der Waals surface area contributed by atoms with Gasteiger partial charge in [0.1, 0.15) is 0 Å². The van der Waals surface area contributed by atoms with Crippen molar-refractivity contribution in [2.24, 2.45) is 5.92 Å². The molecule has 3 heteroatoms. The molecule has 1 fully saturated rings. The molecule has 0 aromatic carbocycles. The summed E-state index contributed by atoms with van der Waals surface area (Å²) >= 11 is 0. The first kappa shape index (κ1) is 12.5. The van der Waals surface area contributed by atoms with E-state index < -0.39 is 0 Å². The highest BCUT2D eigenvalue weighted by Crippen LogP contribution is 2.27. The number of rotatable bonds is 5. The van der Waals surface area contributed by atoms with E-state index in [0.717, 1.165) is 44.0 Å². The topological polar surface area (TPSA) is 34.2 Å². The summed E-state index contributed by atoms with van der Waals surface area (Å²) in [4.78, 5) is 4.65. The molecule has 0 radical (unpaired) electrons. The Bertz CT molecular complexity index is 348. The van der Waals surface area contributed by atoms with Gasteiger partial charge in [0.05, 0.1) is 18.3 Å². The predicted molar refractivity (Wildman–Crippen MR) is 68.9 cm³/mol. The number of hydrogen-bond acceptors (Lipinski definition) is 3. The van der Waals surface area contributed by atoms with Crippen molar-refractivity contribution in [1.29, 1.82) is 0 Å². The minimum Gasteiger partial charge on any atom is -0.381 e. The Kier molecular flexibility index (Phi) is 4.51. The summed E-state index contributed by atoms with van der Waals surface area (Å²) in [6.45, 7) is 7.03. The normalized spacial score (nSPS) is 21.6. The summed E-state index contributed by atoms with van der Waals surface area (Å²) in [5, 5.41) is 3.61. The highest BCUT2D eigenvalue weighted by atomic mass is 16.5. The van der Waals surface area contributed by atoms with Gasteiger partial charge < -0.3 is 10.1 Å². The molecule has 2 unspecified atom stereocenters. The van der Waals surface area contributed by atoms with E-state index in [4.69, 9.17) is 4.74 Å². The zero-order valence-corrected chi connectivity index (χ0v) is 10.8. The van der Waals surface area contributed by atoms with E-state index in [1.165, 1.54) is 0 Å². The number of nitrogens with one attached hydrogen (secondary N) is 1. The molecule has 1 aromatic heterocycles. The van der Waals surface area contributed by atoms with Crippen LogP contribution in [0.4, 0.5) is 0 Å². The third-order valence-electron chi connectivity index (χ3n) is 3.28. The second-order valence-corrected chi connectivity index (χ2v) is 4.76. The van der Waals surface area contributed by atoms with Crippen molar-refractivity contribution in [2.45, 2.75) is 32.7 Å². The van der Waals surface area contributed by atoms with Crippen molar-refractivity contribution in [3.8, 4) is 0 Å². The molecule has 2 rings (SSSR count). The lowest BCUT2D eigenvalue weighted by molar-refractivity contribution is 0.176.